The van der Waals surface area contributed by atoms with Gasteiger partial charge in [0.2, 0.25) is 0 Å². The summed E-state index contributed by atoms with van der Waals surface area (Å²) in [5.41, 5.74) is -0.217. The van der Waals surface area contributed by atoms with Crippen molar-refractivity contribution in [1.29, 1.82) is 0 Å². The van der Waals surface area contributed by atoms with Crippen LogP contribution in [0.3, 0.4) is 0 Å². The van der Waals surface area contributed by atoms with Gasteiger partial charge in [-0.2, -0.15) is 0 Å². The predicted octanol–water partition coefficient (Wildman–Crippen LogP) is 1.55. The van der Waals surface area contributed by atoms with Crippen molar-refractivity contribution in [2.24, 2.45) is 0 Å². The Morgan fingerprint density at radius 2 is 2.14 bits per heavy atom. The van der Waals surface area contributed by atoms with Gasteiger partial charge >= 0.3 is 0 Å². The van der Waals surface area contributed by atoms with Gasteiger partial charge in [0, 0.05) is 12.1 Å². The van der Waals surface area contributed by atoms with Crippen molar-refractivity contribution in [3.8, 4) is 0 Å². The largest absolute Gasteiger partial charge is 0.394 e. The van der Waals surface area contributed by atoms with Crippen LogP contribution >= 0.6 is 0 Å². The van der Waals surface area contributed by atoms with E-state index in [1.54, 1.807) is 0 Å². The van der Waals surface area contributed by atoms with Gasteiger partial charge in [0.25, 0.3) is 0 Å². The first kappa shape index (κ1) is 13.9. The summed E-state index contributed by atoms with van der Waals surface area (Å²) in [4.78, 5) is 0. The third-order valence-electron chi connectivity index (χ3n) is 2.59. The highest BCUT2D eigenvalue weighted by molar-refractivity contribution is 4.82. The summed E-state index contributed by atoms with van der Waals surface area (Å²) in [7, 11) is 1.87. The highest BCUT2D eigenvalue weighted by Crippen LogP contribution is 2.13. The van der Waals surface area contributed by atoms with Gasteiger partial charge in [-0.25, -0.2) is 0 Å². The summed E-state index contributed by atoms with van der Waals surface area (Å²) in [6.45, 7) is 7.18. The van der Waals surface area contributed by atoms with Crippen LogP contribution in [0.2, 0.25) is 0 Å². The monoisotopic (exact) mass is 203 g/mol. The van der Waals surface area contributed by atoms with Crippen molar-refractivity contribution >= 4 is 0 Å². The Hall–Kier alpha value is -0.120. The van der Waals surface area contributed by atoms with E-state index < -0.39 is 0 Å². The molecule has 3 nitrogen and oxygen atoms in total. The van der Waals surface area contributed by atoms with Crippen LogP contribution in [0.4, 0.5) is 0 Å². The molecule has 0 fully saturated rings. The Kier molecular flexibility index (Phi) is 7.15. The van der Waals surface area contributed by atoms with Gasteiger partial charge in [-0.1, -0.05) is 13.3 Å². The predicted molar refractivity (Wildman–Crippen MR) is 59.5 cm³/mol. The van der Waals surface area contributed by atoms with Crippen LogP contribution in [0.5, 0.6) is 0 Å². The quantitative estimate of drug-likeness (QED) is 0.588. The number of rotatable bonds is 8. The van der Waals surface area contributed by atoms with Gasteiger partial charge < -0.3 is 15.2 Å². The minimum Gasteiger partial charge on any atom is -0.394 e. The van der Waals surface area contributed by atoms with E-state index in [9.17, 15) is 5.11 Å². The molecule has 86 valence electrons. The average Bonchev–Trinajstić information content (AvgIpc) is 2.18. The highest BCUT2D eigenvalue weighted by atomic mass is 16.5. The lowest BCUT2D eigenvalue weighted by molar-refractivity contribution is 0.0286. The molecule has 0 aliphatic rings. The first-order valence-electron chi connectivity index (χ1n) is 5.49. The van der Waals surface area contributed by atoms with Crippen molar-refractivity contribution in [3.05, 3.63) is 0 Å². The standard InChI is InChI=1S/C11H25NO2/c1-5-6-7-14-10(2)8-11(3,9-13)12-4/h10,12-13H,5-9H2,1-4H3. The highest BCUT2D eigenvalue weighted by Gasteiger charge is 2.23. The molecule has 2 atom stereocenters. The van der Waals surface area contributed by atoms with Crippen molar-refractivity contribution in [2.75, 3.05) is 20.3 Å². The molecule has 0 aromatic heterocycles. The number of likely N-dealkylation sites (N-methyl/N-ethyl adjacent to an activating group) is 1. The van der Waals surface area contributed by atoms with Gasteiger partial charge in [-0.15, -0.1) is 0 Å². The second-order valence-corrected chi connectivity index (χ2v) is 4.21. The van der Waals surface area contributed by atoms with Crippen molar-refractivity contribution < 1.29 is 9.84 Å². The second kappa shape index (κ2) is 7.21. The average molecular weight is 203 g/mol. The van der Waals surface area contributed by atoms with Crippen LogP contribution < -0.4 is 5.32 Å². The molecule has 0 bridgehead atoms. The van der Waals surface area contributed by atoms with E-state index in [2.05, 4.69) is 19.2 Å². The molecule has 2 N–H and O–H groups in total. The maximum Gasteiger partial charge on any atom is 0.0611 e. The molecule has 0 rings (SSSR count). The number of aliphatic hydroxyl groups excluding tert-OH is 1. The van der Waals surface area contributed by atoms with Gasteiger partial charge in [0.05, 0.1) is 12.7 Å². The topological polar surface area (TPSA) is 41.5 Å². The first-order chi connectivity index (χ1) is 6.58. The lowest BCUT2D eigenvalue weighted by atomic mass is 9.96. The Bertz CT molecular complexity index is 135. The first-order valence-corrected chi connectivity index (χ1v) is 5.49. The van der Waals surface area contributed by atoms with Crippen molar-refractivity contribution in [1.82, 2.24) is 5.32 Å². The SMILES string of the molecule is CCCCOC(C)CC(C)(CO)NC. The molecule has 3 heteroatoms. The number of unbranched alkanes of at least 4 members (excludes halogenated alkanes) is 1. The number of hydrogen-bond acceptors (Lipinski definition) is 3. The van der Waals surface area contributed by atoms with E-state index in [0.717, 1.165) is 25.9 Å². The lowest BCUT2D eigenvalue weighted by Crippen LogP contribution is -2.46. The van der Waals surface area contributed by atoms with E-state index in [0.29, 0.717) is 0 Å². The minimum atomic E-state index is -0.217. The Morgan fingerprint density at radius 1 is 1.50 bits per heavy atom. The summed E-state index contributed by atoms with van der Waals surface area (Å²) < 4.78 is 5.63. The zero-order chi connectivity index (χ0) is 11.0. The molecule has 0 amide bonds. The number of ether oxygens (including phenoxy) is 1. The number of nitrogens with one attached hydrogen (secondary N) is 1. The van der Waals surface area contributed by atoms with Crippen LogP contribution in [0.1, 0.15) is 40.0 Å². The number of aliphatic hydroxyl groups is 1. The van der Waals surface area contributed by atoms with Gasteiger partial charge in [-0.05, 0) is 33.7 Å². The molecule has 0 saturated heterocycles. The van der Waals surface area contributed by atoms with Gasteiger partial charge in [-0.3, -0.25) is 0 Å². The van der Waals surface area contributed by atoms with Crippen molar-refractivity contribution in [2.45, 2.75) is 51.7 Å². The molecule has 14 heavy (non-hydrogen) atoms. The van der Waals surface area contributed by atoms with Crippen LogP contribution in [-0.4, -0.2) is 37.0 Å². The molecule has 0 saturated carbocycles. The molecule has 2 unspecified atom stereocenters. The zero-order valence-electron chi connectivity index (χ0n) is 9.97. The molecule has 0 heterocycles. The molecular weight excluding hydrogens is 178 g/mol. The van der Waals surface area contributed by atoms with Gasteiger partial charge in [0.15, 0.2) is 0 Å². The van der Waals surface area contributed by atoms with Crippen LogP contribution in [0.25, 0.3) is 0 Å². The molecule has 0 aliphatic heterocycles. The Morgan fingerprint density at radius 3 is 2.57 bits per heavy atom. The molecular formula is C11H25NO2. The smallest absolute Gasteiger partial charge is 0.0611 e. The minimum absolute atomic E-state index is 0.144. The molecule has 0 aliphatic carbocycles. The van der Waals surface area contributed by atoms with E-state index >= 15 is 0 Å². The second-order valence-electron chi connectivity index (χ2n) is 4.21. The summed E-state index contributed by atoms with van der Waals surface area (Å²) in [5.74, 6) is 0. The zero-order valence-corrected chi connectivity index (χ0v) is 9.97. The van der Waals surface area contributed by atoms with E-state index in [1.165, 1.54) is 0 Å². The molecule has 0 aromatic carbocycles. The van der Waals surface area contributed by atoms with E-state index in [1.807, 2.05) is 14.0 Å². The maximum absolute atomic E-state index is 9.19. The lowest BCUT2D eigenvalue weighted by Gasteiger charge is -2.29. The molecule has 0 spiro atoms. The summed E-state index contributed by atoms with van der Waals surface area (Å²) in [5, 5.41) is 12.3. The fourth-order valence-electron chi connectivity index (χ4n) is 1.37. The molecule has 0 aromatic rings. The van der Waals surface area contributed by atoms with E-state index in [4.69, 9.17) is 4.74 Å². The van der Waals surface area contributed by atoms with E-state index in [-0.39, 0.29) is 18.2 Å². The Labute approximate surface area is 87.8 Å². The molecule has 0 radical (unpaired) electrons. The fourth-order valence-corrected chi connectivity index (χ4v) is 1.37. The summed E-state index contributed by atoms with van der Waals surface area (Å²) in [6.07, 6.45) is 3.31. The van der Waals surface area contributed by atoms with Crippen LogP contribution in [0.15, 0.2) is 0 Å². The maximum atomic E-state index is 9.19. The van der Waals surface area contributed by atoms with Crippen molar-refractivity contribution in [3.63, 3.8) is 0 Å². The Balaban J connectivity index is 3.73. The fraction of sp³-hybridized carbons (Fsp3) is 1.00. The number of hydrogen-bond donors (Lipinski definition) is 2. The normalized spacial score (nSPS) is 17.8. The van der Waals surface area contributed by atoms with Crippen LogP contribution in [-0.2, 0) is 4.74 Å². The van der Waals surface area contributed by atoms with Gasteiger partial charge in [0.1, 0.15) is 0 Å². The third-order valence-corrected chi connectivity index (χ3v) is 2.59. The summed E-state index contributed by atoms with van der Waals surface area (Å²) >= 11 is 0. The summed E-state index contributed by atoms with van der Waals surface area (Å²) in [6, 6.07) is 0. The van der Waals surface area contributed by atoms with Crippen LogP contribution in [0, 0.1) is 0 Å². The third kappa shape index (κ3) is 5.58.